The molecule has 0 atom stereocenters. The van der Waals surface area contributed by atoms with Crippen molar-refractivity contribution in [2.45, 2.75) is 19.0 Å². The second-order valence-electron chi connectivity index (χ2n) is 4.53. The fourth-order valence-corrected chi connectivity index (χ4v) is 2.19. The van der Waals surface area contributed by atoms with Gasteiger partial charge in [-0.15, -0.1) is 0 Å². The summed E-state index contributed by atoms with van der Waals surface area (Å²) in [6.07, 6.45) is -5.18. The van der Waals surface area contributed by atoms with E-state index in [-0.39, 0.29) is 18.7 Å². The number of halogens is 4. The van der Waals surface area contributed by atoms with E-state index in [1.54, 1.807) is 24.3 Å². The number of hydrogen-bond acceptors (Lipinski definition) is 4. The van der Waals surface area contributed by atoms with E-state index >= 15 is 0 Å². The standard InChI is InChI=1S/C14H12ClF3N2O2/c15-10-4-2-1-3-8(10)7-11-19-12(14(16,17)18)9(5-6-21)13(22)20-11/h1-4,21H,5-7H2,(H,19,20,22). The summed E-state index contributed by atoms with van der Waals surface area (Å²) >= 11 is 5.95. The third-order valence-electron chi connectivity index (χ3n) is 2.97. The lowest BCUT2D eigenvalue weighted by molar-refractivity contribution is -0.142. The molecule has 4 nitrogen and oxygen atoms in total. The summed E-state index contributed by atoms with van der Waals surface area (Å²) in [6, 6.07) is 6.61. The van der Waals surface area contributed by atoms with Crippen LogP contribution in [-0.2, 0) is 19.0 Å². The minimum atomic E-state index is -4.75. The predicted octanol–water partition coefficient (Wildman–Crippen LogP) is 2.98. The van der Waals surface area contributed by atoms with E-state index < -0.39 is 29.9 Å². The minimum absolute atomic E-state index is 0.0459. The van der Waals surface area contributed by atoms with Gasteiger partial charge in [-0.2, -0.15) is 18.2 Å². The minimum Gasteiger partial charge on any atom is -0.493 e. The predicted molar refractivity (Wildman–Crippen MR) is 73.7 cm³/mol. The number of aliphatic hydroxyl groups excluding tert-OH is 1. The lowest BCUT2D eigenvalue weighted by Crippen LogP contribution is -2.16. The Kier molecular flexibility index (Phi) is 4.87. The van der Waals surface area contributed by atoms with Gasteiger partial charge in [0.15, 0.2) is 5.69 Å². The van der Waals surface area contributed by atoms with Gasteiger partial charge in [0.25, 0.3) is 0 Å². The number of rotatable bonds is 4. The molecule has 1 heterocycles. The summed E-state index contributed by atoms with van der Waals surface area (Å²) in [5.41, 5.74) is -1.21. The zero-order valence-corrected chi connectivity index (χ0v) is 12.0. The third-order valence-corrected chi connectivity index (χ3v) is 3.34. The van der Waals surface area contributed by atoms with Gasteiger partial charge in [0.05, 0.1) is 0 Å². The number of benzene rings is 1. The van der Waals surface area contributed by atoms with Gasteiger partial charge in [-0.1, -0.05) is 29.8 Å². The molecule has 2 rings (SSSR count). The maximum absolute atomic E-state index is 13.0. The molecule has 1 aromatic carbocycles. The topological polar surface area (TPSA) is 66.2 Å². The summed E-state index contributed by atoms with van der Waals surface area (Å²) in [5.74, 6) is -0.974. The molecule has 2 N–H and O–H groups in total. The molecule has 0 spiro atoms. The molecule has 2 aromatic rings. The van der Waals surface area contributed by atoms with E-state index in [1.165, 1.54) is 0 Å². The molecule has 0 saturated carbocycles. The Labute approximate surface area is 129 Å². The van der Waals surface area contributed by atoms with E-state index in [2.05, 4.69) is 9.97 Å². The molecule has 1 aromatic heterocycles. The Morgan fingerprint density at radius 1 is 1.14 bits per heavy atom. The first-order chi connectivity index (χ1) is 10.3. The second-order valence-corrected chi connectivity index (χ2v) is 4.94. The van der Waals surface area contributed by atoms with Crippen molar-refractivity contribution in [1.82, 2.24) is 9.97 Å². The lowest BCUT2D eigenvalue weighted by Gasteiger charge is -2.14. The average molecular weight is 333 g/mol. The number of alkyl halides is 3. The van der Waals surface area contributed by atoms with Crippen molar-refractivity contribution in [2.75, 3.05) is 6.61 Å². The molecular formula is C14H12ClF3N2O2. The number of nitrogens with zero attached hydrogens (tertiary/aromatic N) is 2. The Morgan fingerprint density at radius 2 is 1.82 bits per heavy atom. The van der Waals surface area contributed by atoms with Crippen LogP contribution in [0.5, 0.6) is 5.88 Å². The van der Waals surface area contributed by atoms with Crippen LogP contribution in [0.4, 0.5) is 13.2 Å². The maximum Gasteiger partial charge on any atom is 0.433 e. The quantitative estimate of drug-likeness (QED) is 0.903. The normalized spacial score (nSPS) is 11.7. The Hall–Kier alpha value is -1.86. The second kappa shape index (κ2) is 6.50. The summed E-state index contributed by atoms with van der Waals surface area (Å²) in [6.45, 7) is -0.552. The van der Waals surface area contributed by atoms with Crippen LogP contribution in [0.3, 0.4) is 0 Å². The van der Waals surface area contributed by atoms with Crippen LogP contribution in [0, 0.1) is 0 Å². The van der Waals surface area contributed by atoms with Crippen LogP contribution in [-0.4, -0.2) is 26.8 Å². The largest absolute Gasteiger partial charge is 0.493 e. The van der Waals surface area contributed by atoms with Crippen molar-refractivity contribution in [3.8, 4) is 5.88 Å². The summed E-state index contributed by atoms with van der Waals surface area (Å²) in [4.78, 5) is 7.17. The van der Waals surface area contributed by atoms with Gasteiger partial charge >= 0.3 is 6.18 Å². The van der Waals surface area contributed by atoms with E-state index in [9.17, 15) is 18.3 Å². The summed E-state index contributed by atoms with van der Waals surface area (Å²) in [5, 5.41) is 18.9. The van der Waals surface area contributed by atoms with Crippen LogP contribution >= 0.6 is 11.6 Å². The maximum atomic E-state index is 13.0. The molecule has 0 radical (unpaired) electrons. The number of hydrogen-bond donors (Lipinski definition) is 2. The average Bonchev–Trinajstić information content (AvgIpc) is 2.43. The van der Waals surface area contributed by atoms with Gasteiger partial charge in [-0.3, -0.25) is 0 Å². The van der Waals surface area contributed by atoms with Gasteiger partial charge < -0.3 is 10.2 Å². The Balaban J connectivity index is 2.46. The molecule has 0 unspecified atom stereocenters. The van der Waals surface area contributed by atoms with Gasteiger partial charge in [0, 0.05) is 30.0 Å². The Morgan fingerprint density at radius 3 is 2.41 bits per heavy atom. The number of aromatic hydroxyl groups is 1. The highest BCUT2D eigenvalue weighted by atomic mass is 35.5. The van der Waals surface area contributed by atoms with Crippen LogP contribution in [0.25, 0.3) is 0 Å². The zero-order chi connectivity index (χ0) is 16.3. The highest BCUT2D eigenvalue weighted by Crippen LogP contribution is 2.34. The molecule has 118 valence electrons. The summed E-state index contributed by atoms with van der Waals surface area (Å²) < 4.78 is 39.1. The first-order valence-corrected chi connectivity index (χ1v) is 6.71. The van der Waals surface area contributed by atoms with Crippen LogP contribution < -0.4 is 0 Å². The van der Waals surface area contributed by atoms with Crippen LogP contribution in [0.2, 0.25) is 5.02 Å². The fraction of sp³-hybridized carbons (Fsp3) is 0.286. The van der Waals surface area contributed by atoms with Crippen molar-refractivity contribution >= 4 is 11.6 Å². The SMILES string of the molecule is OCCc1c(O)nc(Cc2ccccc2Cl)nc1C(F)(F)F. The van der Waals surface area contributed by atoms with Crippen molar-refractivity contribution in [2.24, 2.45) is 0 Å². The molecule has 0 aliphatic carbocycles. The van der Waals surface area contributed by atoms with Gasteiger partial charge in [0.1, 0.15) is 5.82 Å². The molecule has 0 saturated heterocycles. The van der Waals surface area contributed by atoms with Crippen LogP contribution in [0.15, 0.2) is 24.3 Å². The van der Waals surface area contributed by atoms with Crippen molar-refractivity contribution < 1.29 is 23.4 Å². The van der Waals surface area contributed by atoms with E-state index in [1.807, 2.05) is 0 Å². The summed E-state index contributed by atoms with van der Waals surface area (Å²) in [7, 11) is 0. The van der Waals surface area contributed by atoms with E-state index in [4.69, 9.17) is 16.7 Å². The monoisotopic (exact) mass is 332 g/mol. The molecule has 0 aliphatic rings. The molecule has 0 aliphatic heterocycles. The number of aromatic nitrogens is 2. The third kappa shape index (κ3) is 3.66. The van der Waals surface area contributed by atoms with Crippen molar-refractivity contribution in [3.05, 3.63) is 51.9 Å². The fourth-order valence-electron chi connectivity index (χ4n) is 1.98. The van der Waals surface area contributed by atoms with E-state index in [0.29, 0.717) is 10.6 Å². The lowest BCUT2D eigenvalue weighted by atomic mass is 10.1. The Bertz CT molecular complexity index is 678. The van der Waals surface area contributed by atoms with Gasteiger partial charge in [0.2, 0.25) is 5.88 Å². The first-order valence-electron chi connectivity index (χ1n) is 6.33. The molecule has 8 heteroatoms. The van der Waals surface area contributed by atoms with E-state index in [0.717, 1.165) is 0 Å². The van der Waals surface area contributed by atoms with Crippen LogP contribution in [0.1, 0.15) is 22.6 Å². The molecular weight excluding hydrogens is 321 g/mol. The van der Waals surface area contributed by atoms with Gasteiger partial charge in [-0.25, -0.2) is 4.98 Å². The number of aliphatic hydroxyl groups is 1. The van der Waals surface area contributed by atoms with Crippen molar-refractivity contribution in [1.29, 1.82) is 0 Å². The van der Waals surface area contributed by atoms with Gasteiger partial charge in [-0.05, 0) is 11.6 Å². The molecule has 0 amide bonds. The smallest absolute Gasteiger partial charge is 0.433 e. The molecule has 22 heavy (non-hydrogen) atoms. The zero-order valence-electron chi connectivity index (χ0n) is 11.2. The highest BCUT2D eigenvalue weighted by molar-refractivity contribution is 6.31. The molecule has 0 fully saturated rings. The highest BCUT2D eigenvalue weighted by Gasteiger charge is 2.37. The first kappa shape index (κ1) is 16.5. The molecule has 0 bridgehead atoms. The van der Waals surface area contributed by atoms with Crippen molar-refractivity contribution in [3.63, 3.8) is 0 Å².